The van der Waals surface area contributed by atoms with Crippen molar-refractivity contribution >= 4 is 11.6 Å². The molecule has 4 rings (SSSR count). The predicted octanol–water partition coefficient (Wildman–Crippen LogP) is 5.33. The van der Waals surface area contributed by atoms with Crippen LogP contribution in [0.25, 0.3) is 11.1 Å². The molecule has 0 aliphatic carbocycles. The van der Waals surface area contributed by atoms with Crippen molar-refractivity contribution in [3.05, 3.63) is 65.4 Å². The van der Waals surface area contributed by atoms with E-state index < -0.39 is 23.7 Å². The Balaban J connectivity index is 1.67. The van der Waals surface area contributed by atoms with Crippen LogP contribution < -0.4 is 10.1 Å². The molecular formula is C27H30F2N4O3. The number of halogens is 2. The highest BCUT2D eigenvalue weighted by atomic mass is 19.1. The Morgan fingerprint density at radius 1 is 1.22 bits per heavy atom. The molecule has 9 heteroatoms. The first kappa shape index (κ1) is 25.6. The van der Waals surface area contributed by atoms with E-state index in [4.69, 9.17) is 9.47 Å². The molecule has 3 aromatic rings. The maximum absolute atomic E-state index is 14.3. The molecule has 0 aromatic carbocycles. The largest absolute Gasteiger partial charge is 0.478 e. The minimum atomic E-state index is -1.67. The van der Waals surface area contributed by atoms with Gasteiger partial charge in [0, 0.05) is 46.9 Å². The van der Waals surface area contributed by atoms with Crippen molar-refractivity contribution in [2.45, 2.75) is 45.2 Å². The fourth-order valence-corrected chi connectivity index (χ4v) is 4.22. The van der Waals surface area contributed by atoms with Crippen LogP contribution in [-0.4, -0.2) is 47.4 Å². The van der Waals surface area contributed by atoms with Gasteiger partial charge < -0.3 is 14.8 Å². The summed E-state index contributed by atoms with van der Waals surface area (Å²) in [6.07, 6.45) is 5.15. The lowest BCUT2D eigenvalue weighted by molar-refractivity contribution is 0.102. The first-order valence-corrected chi connectivity index (χ1v) is 11.9. The van der Waals surface area contributed by atoms with Gasteiger partial charge in [0.05, 0.1) is 36.2 Å². The zero-order chi connectivity index (χ0) is 25.9. The zero-order valence-electron chi connectivity index (χ0n) is 20.9. The van der Waals surface area contributed by atoms with Crippen LogP contribution in [0.1, 0.15) is 54.5 Å². The molecule has 3 aromatic heterocycles. The van der Waals surface area contributed by atoms with E-state index in [-0.39, 0.29) is 17.9 Å². The number of nitrogens with zero attached hydrogens (tertiary/aromatic N) is 3. The van der Waals surface area contributed by atoms with Crippen molar-refractivity contribution in [1.82, 2.24) is 15.0 Å². The van der Waals surface area contributed by atoms with E-state index in [1.54, 1.807) is 18.5 Å². The summed E-state index contributed by atoms with van der Waals surface area (Å²) in [5, 5.41) is 2.82. The predicted molar refractivity (Wildman–Crippen MR) is 133 cm³/mol. The number of nitrogens with one attached hydrogen (secondary N) is 1. The van der Waals surface area contributed by atoms with Crippen LogP contribution in [0.15, 0.2) is 42.9 Å². The molecule has 0 radical (unpaired) electrons. The number of amides is 1. The van der Waals surface area contributed by atoms with Gasteiger partial charge in [0.2, 0.25) is 5.88 Å². The van der Waals surface area contributed by atoms with E-state index in [1.807, 2.05) is 19.9 Å². The summed E-state index contributed by atoms with van der Waals surface area (Å²) in [5.74, 6) is -0.0201. The number of anilines is 1. The van der Waals surface area contributed by atoms with Crippen molar-refractivity contribution in [3.63, 3.8) is 0 Å². The molecule has 0 saturated carbocycles. The molecular weight excluding hydrogens is 466 g/mol. The molecule has 1 unspecified atom stereocenters. The van der Waals surface area contributed by atoms with E-state index in [9.17, 15) is 13.6 Å². The number of rotatable bonds is 8. The fourth-order valence-electron chi connectivity index (χ4n) is 4.22. The Hall–Kier alpha value is -3.46. The summed E-state index contributed by atoms with van der Waals surface area (Å²) in [7, 11) is 0. The Labute approximate surface area is 209 Å². The minimum Gasteiger partial charge on any atom is -0.478 e. The van der Waals surface area contributed by atoms with E-state index in [0.717, 1.165) is 11.1 Å². The molecule has 1 fully saturated rings. The van der Waals surface area contributed by atoms with Crippen LogP contribution >= 0.6 is 0 Å². The van der Waals surface area contributed by atoms with Crippen LogP contribution in [0.3, 0.4) is 0 Å². The van der Waals surface area contributed by atoms with Gasteiger partial charge in [0.1, 0.15) is 12.3 Å². The molecule has 1 saturated heterocycles. The molecule has 1 N–H and O–H groups in total. The summed E-state index contributed by atoms with van der Waals surface area (Å²) in [5.41, 5.74) is 1.25. The average molecular weight is 497 g/mol. The maximum Gasteiger partial charge on any atom is 0.255 e. The van der Waals surface area contributed by atoms with Crippen molar-refractivity contribution in [2.24, 2.45) is 0 Å². The Kier molecular flexibility index (Phi) is 7.31. The number of aromatic nitrogens is 3. The zero-order valence-corrected chi connectivity index (χ0v) is 20.9. The van der Waals surface area contributed by atoms with Crippen LogP contribution in [0.4, 0.5) is 14.5 Å². The van der Waals surface area contributed by atoms with Gasteiger partial charge in [-0.3, -0.25) is 19.2 Å². The van der Waals surface area contributed by atoms with E-state index in [1.165, 1.54) is 32.2 Å². The standard InChI is InChI=1S/C27H30F2N4O3/c1-5-36-25-22(27(15-28)7-9-35-16-27)10-19(13-32-25)21-12-20(14-31-17(21)2)33-24(34)18-6-8-30-23(11-18)26(3,4)29/h6,8,10-14H,5,7,9,15-16H2,1-4H3,(H,33,34). The van der Waals surface area contributed by atoms with Crippen LogP contribution in [0.5, 0.6) is 5.88 Å². The van der Waals surface area contributed by atoms with Gasteiger partial charge >= 0.3 is 0 Å². The number of aryl methyl sites for hydroxylation is 1. The molecule has 4 heterocycles. The number of carbonyl (C=O) groups is 1. The van der Waals surface area contributed by atoms with Crippen molar-refractivity contribution < 1.29 is 23.0 Å². The van der Waals surface area contributed by atoms with Crippen molar-refractivity contribution in [1.29, 1.82) is 0 Å². The van der Waals surface area contributed by atoms with E-state index >= 15 is 0 Å². The molecule has 1 amide bonds. The van der Waals surface area contributed by atoms with Gasteiger partial charge in [-0.2, -0.15) is 0 Å². The van der Waals surface area contributed by atoms with Crippen LogP contribution in [0.2, 0.25) is 0 Å². The van der Waals surface area contributed by atoms with Gasteiger partial charge in [-0.25, -0.2) is 9.37 Å². The molecule has 190 valence electrons. The lowest BCUT2D eigenvalue weighted by Gasteiger charge is -2.26. The topological polar surface area (TPSA) is 86.2 Å². The molecule has 0 bridgehead atoms. The number of ether oxygens (including phenoxy) is 2. The molecule has 36 heavy (non-hydrogen) atoms. The molecule has 0 spiro atoms. The first-order valence-electron chi connectivity index (χ1n) is 11.9. The number of alkyl halides is 2. The van der Waals surface area contributed by atoms with E-state index in [2.05, 4.69) is 20.3 Å². The summed E-state index contributed by atoms with van der Waals surface area (Å²) < 4.78 is 39.8. The highest BCUT2D eigenvalue weighted by molar-refractivity contribution is 6.04. The highest BCUT2D eigenvalue weighted by Gasteiger charge is 2.40. The normalized spacial score (nSPS) is 17.7. The smallest absolute Gasteiger partial charge is 0.255 e. The summed E-state index contributed by atoms with van der Waals surface area (Å²) in [6.45, 7) is 7.01. The third-order valence-electron chi connectivity index (χ3n) is 6.35. The number of pyridine rings is 3. The van der Waals surface area contributed by atoms with Crippen molar-refractivity contribution in [3.8, 4) is 17.0 Å². The van der Waals surface area contributed by atoms with Crippen LogP contribution in [-0.2, 0) is 15.8 Å². The highest BCUT2D eigenvalue weighted by Crippen LogP contribution is 2.40. The van der Waals surface area contributed by atoms with Gasteiger partial charge in [-0.15, -0.1) is 0 Å². The number of hydrogen-bond donors (Lipinski definition) is 1. The fraction of sp³-hybridized carbons (Fsp3) is 0.407. The van der Waals surface area contributed by atoms with Gasteiger partial charge in [0.25, 0.3) is 5.91 Å². The molecule has 1 aliphatic rings. The quantitative estimate of drug-likeness (QED) is 0.454. The average Bonchev–Trinajstić information content (AvgIpc) is 3.35. The Morgan fingerprint density at radius 2 is 2.03 bits per heavy atom. The summed E-state index contributed by atoms with van der Waals surface area (Å²) >= 11 is 0. The Morgan fingerprint density at radius 3 is 2.69 bits per heavy atom. The molecule has 1 atom stereocenters. The van der Waals surface area contributed by atoms with Crippen molar-refractivity contribution in [2.75, 3.05) is 31.8 Å². The second-order valence-electron chi connectivity index (χ2n) is 9.44. The Bertz CT molecular complexity index is 1250. The lowest BCUT2D eigenvalue weighted by atomic mass is 9.80. The van der Waals surface area contributed by atoms with Gasteiger partial charge in [0.15, 0.2) is 0 Å². The maximum atomic E-state index is 14.3. The van der Waals surface area contributed by atoms with Crippen LogP contribution in [0, 0.1) is 6.92 Å². The third-order valence-corrected chi connectivity index (χ3v) is 6.35. The van der Waals surface area contributed by atoms with Gasteiger partial charge in [-0.05, 0) is 58.4 Å². The van der Waals surface area contributed by atoms with E-state index in [0.29, 0.717) is 42.5 Å². The third kappa shape index (κ3) is 5.21. The number of hydrogen-bond acceptors (Lipinski definition) is 6. The second-order valence-corrected chi connectivity index (χ2v) is 9.44. The summed E-state index contributed by atoms with van der Waals surface area (Å²) in [4.78, 5) is 25.8. The molecule has 1 aliphatic heterocycles. The second kappa shape index (κ2) is 10.3. The lowest BCUT2D eigenvalue weighted by Crippen LogP contribution is -2.30. The monoisotopic (exact) mass is 496 g/mol. The number of carbonyl (C=O) groups excluding carboxylic acids is 1. The van der Waals surface area contributed by atoms with Gasteiger partial charge in [-0.1, -0.05) is 0 Å². The molecule has 7 nitrogen and oxygen atoms in total. The first-order chi connectivity index (χ1) is 17.2. The SMILES string of the molecule is CCOc1ncc(-c2cc(NC(=O)c3ccnc(C(C)(C)F)c3)cnc2C)cc1C1(CF)CCOC1. The minimum absolute atomic E-state index is 0.170. The summed E-state index contributed by atoms with van der Waals surface area (Å²) in [6, 6.07) is 6.62.